The van der Waals surface area contributed by atoms with Gasteiger partial charge in [-0.15, -0.1) is 0 Å². The van der Waals surface area contributed by atoms with E-state index < -0.39 is 0 Å². The summed E-state index contributed by atoms with van der Waals surface area (Å²) >= 11 is 5.89. The number of aliphatic hydroxyl groups excluding tert-OH is 1. The highest BCUT2D eigenvalue weighted by Gasteiger charge is 2.02. The van der Waals surface area contributed by atoms with Crippen molar-refractivity contribution in [3.05, 3.63) is 34.3 Å². The number of nitrogens with one attached hydrogen (secondary N) is 1. The predicted octanol–water partition coefficient (Wildman–Crippen LogP) is 2.76. The molecule has 90 valence electrons. The quantitative estimate of drug-likeness (QED) is 0.803. The molecule has 0 aliphatic heterocycles. The molecule has 0 saturated carbocycles. The number of halogens is 1. The molecule has 2 N–H and O–H groups in total. The number of aliphatic hydroxyl groups is 1. The molecule has 2 nitrogen and oxygen atoms in total. The van der Waals surface area contributed by atoms with E-state index in [-0.39, 0.29) is 6.61 Å². The molecule has 3 heteroatoms. The first-order valence-corrected chi connectivity index (χ1v) is 6.08. The number of rotatable bonds is 6. The van der Waals surface area contributed by atoms with Gasteiger partial charge >= 0.3 is 0 Å². The van der Waals surface area contributed by atoms with E-state index in [4.69, 9.17) is 16.7 Å². The van der Waals surface area contributed by atoms with Crippen LogP contribution in [0.4, 0.5) is 0 Å². The standard InChI is InChI=1S/C13H20ClNO/c1-10(5-6-16)8-15-9-12-3-4-13(14)7-11(12)2/h3-4,7,10,15-16H,5-6,8-9H2,1-2H3/t10-/m1/s1. The molecule has 0 unspecified atom stereocenters. The molecule has 1 rings (SSSR count). The molecular formula is C13H20ClNO. The maximum atomic E-state index is 8.79. The molecule has 0 radical (unpaired) electrons. The average Bonchev–Trinajstić information content (AvgIpc) is 2.22. The van der Waals surface area contributed by atoms with Crippen molar-refractivity contribution in [3.63, 3.8) is 0 Å². The molecule has 1 aromatic rings. The molecule has 0 bridgehead atoms. The molecule has 1 aromatic carbocycles. The second-order valence-electron chi connectivity index (χ2n) is 4.32. The Bertz CT molecular complexity index is 328. The van der Waals surface area contributed by atoms with Crippen LogP contribution in [0.25, 0.3) is 0 Å². The molecule has 0 amide bonds. The molecule has 0 aliphatic carbocycles. The minimum atomic E-state index is 0.267. The maximum absolute atomic E-state index is 8.79. The summed E-state index contributed by atoms with van der Waals surface area (Å²) < 4.78 is 0. The number of hydrogen-bond donors (Lipinski definition) is 2. The lowest BCUT2D eigenvalue weighted by Crippen LogP contribution is -2.21. The van der Waals surface area contributed by atoms with Crippen molar-refractivity contribution in [3.8, 4) is 0 Å². The summed E-state index contributed by atoms with van der Waals surface area (Å²) in [6.07, 6.45) is 0.854. The van der Waals surface area contributed by atoms with Crippen LogP contribution in [0.1, 0.15) is 24.5 Å². The van der Waals surface area contributed by atoms with Crippen molar-refractivity contribution >= 4 is 11.6 Å². The number of hydrogen-bond acceptors (Lipinski definition) is 2. The minimum absolute atomic E-state index is 0.267. The van der Waals surface area contributed by atoms with Crippen LogP contribution in [-0.4, -0.2) is 18.3 Å². The average molecular weight is 242 g/mol. The normalized spacial score (nSPS) is 12.8. The van der Waals surface area contributed by atoms with E-state index in [0.717, 1.165) is 24.5 Å². The largest absolute Gasteiger partial charge is 0.396 e. The lowest BCUT2D eigenvalue weighted by atomic mass is 10.1. The van der Waals surface area contributed by atoms with Crippen molar-refractivity contribution in [2.24, 2.45) is 5.92 Å². The third kappa shape index (κ3) is 4.52. The first-order chi connectivity index (χ1) is 7.63. The topological polar surface area (TPSA) is 32.3 Å². The van der Waals surface area contributed by atoms with Gasteiger partial charge in [0.2, 0.25) is 0 Å². The minimum Gasteiger partial charge on any atom is -0.396 e. The SMILES string of the molecule is Cc1cc(Cl)ccc1CNC[C@H](C)CCO. The summed E-state index contributed by atoms with van der Waals surface area (Å²) in [5, 5.41) is 13.0. The van der Waals surface area contributed by atoms with Gasteiger partial charge in [-0.25, -0.2) is 0 Å². The third-order valence-electron chi connectivity index (χ3n) is 2.73. The van der Waals surface area contributed by atoms with Gasteiger partial charge in [0.25, 0.3) is 0 Å². The van der Waals surface area contributed by atoms with Gasteiger partial charge in [-0.1, -0.05) is 24.6 Å². The predicted molar refractivity (Wildman–Crippen MR) is 68.8 cm³/mol. The molecule has 0 heterocycles. The van der Waals surface area contributed by atoms with Crippen molar-refractivity contribution < 1.29 is 5.11 Å². The van der Waals surface area contributed by atoms with Crippen molar-refractivity contribution in [1.29, 1.82) is 0 Å². The van der Waals surface area contributed by atoms with E-state index >= 15 is 0 Å². The monoisotopic (exact) mass is 241 g/mol. The van der Waals surface area contributed by atoms with Crippen LogP contribution < -0.4 is 5.32 Å². The second-order valence-corrected chi connectivity index (χ2v) is 4.76. The smallest absolute Gasteiger partial charge is 0.0434 e. The molecule has 1 atom stereocenters. The van der Waals surface area contributed by atoms with E-state index in [0.29, 0.717) is 5.92 Å². The van der Waals surface area contributed by atoms with E-state index in [1.165, 1.54) is 11.1 Å². The summed E-state index contributed by atoms with van der Waals surface area (Å²) in [5.74, 6) is 0.512. The zero-order chi connectivity index (χ0) is 12.0. The van der Waals surface area contributed by atoms with Crippen LogP contribution in [0.15, 0.2) is 18.2 Å². The maximum Gasteiger partial charge on any atom is 0.0434 e. The summed E-state index contributed by atoms with van der Waals surface area (Å²) in [6.45, 7) is 6.27. The highest BCUT2D eigenvalue weighted by Crippen LogP contribution is 2.15. The summed E-state index contributed by atoms with van der Waals surface area (Å²) in [4.78, 5) is 0. The molecule has 0 aliphatic rings. The Labute approximate surface area is 103 Å². The first kappa shape index (κ1) is 13.5. The van der Waals surface area contributed by atoms with Crippen LogP contribution in [0.3, 0.4) is 0 Å². The first-order valence-electron chi connectivity index (χ1n) is 5.70. The zero-order valence-corrected chi connectivity index (χ0v) is 10.7. The van der Waals surface area contributed by atoms with E-state index in [2.05, 4.69) is 25.2 Å². The Hall–Kier alpha value is -0.570. The van der Waals surface area contributed by atoms with Crippen LogP contribution in [0.5, 0.6) is 0 Å². The molecule has 0 fully saturated rings. The highest BCUT2D eigenvalue weighted by molar-refractivity contribution is 6.30. The van der Waals surface area contributed by atoms with Crippen LogP contribution in [0.2, 0.25) is 5.02 Å². The van der Waals surface area contributed by atoms with E-state index in [9.17, 15) is 0 Å². The molecule has 0 spiro atoms. The Kier molecular flexibility index (Phi) is 5.81. The van der Waals surface area contributed by atoms with Gasteiger partial charge in [0.15, 0.2) is 0 Å². The fourth-order valence-corrected chi connectivity index (χ4v) is 1.86. The lowest BCUT2D eigenvalue weighted by Gasteiger charge is -2.12. The van der Waals surface area contributed by atoms with Gasteiger partial charge in [0.05, 0.1) is 0 Å². The molecule has 0 saturated heterocycles. The summed E-state index contributed by atoms with van der Waals surface area (Å²) in [5.41, 5.74) is 2.50. The molecule has 0 aromatic heterocycles. The van der Waals surface area contributed by atoms with Gasteiger partial charge in [-0.05, 0) is 49.1 Å². The number of aryl methyl sites for hydroxylation is 1. The van der Waals surface area contributed by atoms with Crippen LogP contribution in [0, 0.1) is 12.8 Å². The van der Waals surface area contributed by atoms with Crippen LogP contribution >= 0.6 is 11.6 Å². The third-order valence-corrected chi connectivity index (χ3v) is 2.97. The van der Waals surface area contributed by atoms with Gasteiger partial charge in [-0.3, -0.25) is 0 Å². The summed E-state index contributed by atoms with van der Waals surface area (Å²) in [7, 11) is 0. The fourth-order valence-electron chi connectivity index (χ4n) is 1.63. The van der Waals surface area contributed by atoms with Crippen molar-refractivity contribution in [2.75, 3.05) is 13.2 Å². The molecule has 16 heavy (non-hydrogen) atoms. The van der Waals surface area contributed by atoms with E-state index in [1.54, 1.807) is 0 Å². The second kappa shape index (κ2) is 6.89. The Balaban J connectivity index is 2.37. The van der Waals surface area contributed by atoms with Crippen molar-refractivity contribution in [2.45, 2.75) is 26.8 Å². The number of benzene rings is 1. The van der Waals surface area contributed by atoms with Crippen LogP contribution in [-0.2, 0) is 6.54 Å². The lowest BCUT2D eigenvalue weighted by molar-refractivity contribution is 0.260. The highest BCUT2D eigenvalue weighted by atomic mass is 35.5. The van der Waals surface area contributed by atoms with Gasteiger partial charge in [0.1, 0.15) is 0 Å². The van der Waals surface area contributed by atoms with Gasteiger partial charge in [0, 0.05) is 18.2 Å². The van der Waals surface area contributed by atoms with Gasteiger partial charge < -0.3 is 10.4 Å². The Morgan fingerprint density at radius 1 is 1.44 bits per heavy atom. The van der Waals surface area contributed by atoms with Gasteiger partial charge in [-0.2, -0.15) is 0 Å². The Morgan fingerprint density at radius 3 is 2.81 bits per heavy atom. The Morgan fingerprint density at radius 2 is 2.19 bits per heavy atom. The van der Waals surface area contributed by atoms with E-state index in [1.807, 2.05) is 12.1 Å². The summed E-state index contributed by atoms with van der Waals surface area (Å²) in [6, 6.07) is 5.96. The molecular weight excluding hydrogens is 222 g/mol. The zero-order valence-electron chi connectivity index (χ0n) is 9.96. The fraction of sp³-hybridized carbons (Fsp3) is 0.538. The van der Waals surface area contributed by atoms with Crippen molar-refractivity contribution in [1.82, 2.24) is 5.32 Å².